The number of hydrogen-bond donors (Lipinski definition) is 1. The minimum Gasteiger partial charge on any atom is -0.301 e. The molecule has 1 N–H and O–H groups in total. The number of hydrogen-bond acceptors (Lipinski definition) is 7. The van der Waals surface area contributed by atoms with Gasteiger partial charge in [-0.15, -0.1) is 32.9 Å². The highest BCUT2D eigenvalue weighted by atomic mass is 32.2. The molecule has 0 radical (unpaired) electrons. The van der Waals surface area contributed by atoms with E-state index in [9.17, 15) is 4.79 Å². The zero-order valence-corrected chi connectivity index (χ0v) is 18.7. The summed E-state index contributed by atoms with van der Waals surface area (Å²) >= 11 is 4.52. The summed E-state index contributed by atoms with van der Waals surface area (Å²) in [6.45, 7) is 2.06. The van der Waals surface area contributed by atoms with Crippen molar-refractivity contribution in [3.8, 4) is 22.0 Å². The maximum Gasteiger partial charge on any atom is 0.236 e. The predicted octanol–water partition coefficient (Wildman–Crippen LogP) is 5.50. The Morgan fingerprint density at radius 1 is 1.20 bits per heavy atom. The van der Waals surface area contributed by atoms with Crippen LogP contribution in [0, 0.1) is 6.92 Å². The van der Waals surface area contributed by atoms with Gasteiger partial charge in [0.1, 0.15) is 0 Å². The third-order valence-corrected chi connectivity index (χ3v) is 7.31. The van der Waals surface area contributed by atoms with Gasteiger partial charge in [-0.1, -0.05) is 47.7 Å². The van der Waals surface area contributed by atoms with E-state index in [0.29, 0.717) is 11.2 Å². The molecule has 1 aromatic carbocycles. The summed E-state index contributed by atoms with van der Waals surface area (Å²) in [5, 5.41) is 17.1. The number of thioether (sulfide) groups is 1. The molecule has 0 bridgehead atoms. The zero-order chi connectivity index (χ0) is 20.5. The second-order valence-electron chi connectivity index (χ2n) is 7.13. The fourth-order valence-electron chi connectivity index (χ4n) is 3.08. The van der Waals surface area contributed by atoms with Crippen LogP contribution in [0.2, 0.25) is 0 Å². The molecule has 152 valence electrons. The van der Waals surface area contributed by atoms with Crippen LogP contribution in [0.5, 0.6) is 0 Å². The number of rotatable bonds is 7. The number of anilines is 1. The number of benzene rings is 1. The molecule has 3 aromatic heterocycles. The summed E-state index contributed by atoms with van der Waals surface area (Å²) in [6.07, 6.45) is 2.27. The lowest BCUT2D eigenvalue weighted by Crippen LogP contribution is -2.14. The fourth-order valence-corrected chi connectivity index (χ4v) is 5.33. The number of nitrogens with one attached hydrogen (secondary N) is 1. The van der Waals surface area contributed by atoms with Gasteiger partial charge >= 0.3 is 0 Å². The highest BCUT2D eigenvalue weighted by Gasteiger charge is 2.30. The second-order valence-corrected chi connectivity index (χ2v) is 9.87. The molecule has 1 saturated carbocycles. The van der Waals surface area contributed by atoms with Crippen molar-refractivity contribution in [2.45, 2.75) is 31.0 Å². The van der Waals surface area contributed by atoms with Crippen molar-refractivity contribution in [1.29, 1.82) is 0 Å². The molecule has 0 spiro atoms. The lowest BCUT2D eigenvalue weighted by molar-refractivity contribution is -0.113. The van der Waals surface area contributed by atoms with Gasteiger partial charge in [-0.3, -0.25) is 9.36 Å². The van der Waals surface area contributed by atoms with Crippen LogP contribution < -0.4 is 5.32 Å². The van der Waals surface area contributed by atoms with Gasteiger partial charge in [-0.2, -0.15) is 0 Å². The lowest BCUT2D eigenvalue weighted by atomic mass is 10.1. The summed E-state index contributed by atoms with van der Waals surface area (Å²) in [5.74, 6) is 1.08. The number of nitrogens with zero attached hydrogens (tertiary/aromatic N) is 4. The minimum absolute atomic E-state index is 0.0900. The number of aryl methyl sites for hydroxylation is 1. The van der Waals surface area contributed by atoms with Gasteiger partial charge in [-0.25, -0.2) is 4.98 Å². The molecule has 0 saturated heterocycles. The van der Waals surface area contributed by atoms with Crippen molar-refractivity contribution in [2.24, 2.45) is 0 Å². The summed E-state index contributed by atoms with van der Waals surface area (Å²) in [6, 6.07) is 12.7. The van der Waals surface area contributed by atoms with Crippen LogP contribution in [-0.2, 0) is 4.79 Å². The topological polar surface area (TPSA) is 72.7 Å². The fraction of sp³-hybridized carbons (Fsp3) is 0.238. The Bertz CT molecular complexity index is 1160. The monoisotopic (exact) mass is 453 g/mol. The molecule has 0 unspecified atom stereocenters. The predicted molar refractivity (Wildman–Crippen MR) is 123 cm³/mol. The summed E-state index contributed by atoms with van der Waals surface area (Å²) in [7, 11) is 0. The molecular weight excluding hydrogens is 434 g/mol. The normalized spacial score (nSPS) is 13.5. The molecule has 0 atom stereocenters. The Kier molecular flexibility index (Phi) is 5.41. The Morgan fingerprint density at radius 2 is 2.03 bits per heavy atom. The molecule has 1 fully saturated rings. The van der Waals surface area contributed by atoms with E-state index in [-0.39, 0.29) is 11.7 Å². The molecule has 30 heavy (non-hydrogen) atoms. The van der Waals surface area contributed by atoms with Crippen molar-refractivity contribution in [3.63, 3.8) is 0 Å². The van der Waals surface area contributed by atoms with E-state index in [1.807, 2.05) is 29.0 Å². The quantitative estimate of drug-likeness (QED) is 0.374. The first-order chi connectivity index (χ1) is 14.7. The SMILES string of the molecule is Cc1ccc(-c2csc(NC(=O)CSc3nnc(-c4cccs4)n3C3CC3)n2)cc1. The molecule has 5 rings (SSSR count). The van der Waals surface area contributed by atoms with Crippen LogP contribution in [-0.4, -0.2) is 31.4 Å². The van der Waals surface area contributed by atoms with Gasteiger partial charge in [0.25, 0.3) is 0 Å². The van der Waals surface area contributed by atoms with Crippen LogP contribution in [0.15, 0.2) is 52.3 Å². The van der Waals surface area contributed by atoms with Crippen molar-refractivity contribution in [1.82, 2.24) is 19.7 Å². The van der Waals surface area contributed by atoms with Gasteiger partial charge in [0.15, 0.2) is 16.1 Å². The van der Waals surface area contributed by atoms with Gasteiger partial charge in [0.2, 0.25) is 5.91 Å². The summed E-state index contributed by atoms with van der Waals surface area (Å²) < 4.78 is 2.18. The molecule has 1 aliphatic carbocycles. The van der Waals surface area contributed by atoms with Crippen LogP contribution in [0.3, 0.4) is 0 Å². The third kappa shape index (κ3) is 4.19. The second kappa shape index (κ2) is 8.33. The summed E-state index contributed by atoms with van der Waals surface area (Å²) in [5.41, 5.74) is 3.13. The van der Waals surface area contributed by atoms with Crippen LogP contribution in [0.1, 0.15) is 24.4 Å². The number of thiazole rings is 1. The Hall–Kier alpha value is -2.49. The number of aromatic nitrogens is 4. The molecule has 6 nitrogen and oxygen atoms in total. The van der Waals surface area contributed by atoms with E-state index in [1.54, 1.807) is 11.3 Å². The van der Waals surface area contributed by atoms with Crippen molar-refractivity contribution in [3.05, 3.63) is 52.7 Å². The van der Waals surface area contributed by atoms with E-state index in [2.05, 4.69) is 50.2 Å². The molecule has 1 aliphatic rings. The highest BCUT2D eigenvalue weighted by molar-refractivity contribution is 7.99. The van der Waals surface area contributed by atoms with E-state index >= 15 is 0 Å². The zero-order valence-electron chi connectivity index (χ0n) is 16.2. The average Bonchev–Trinajstić information content (AvgIpc) is 3.14. The molecule has 9 heteroatoms. The highest BCUT2D eigenvalue weighted by Crippen LogP contribution is 2.41. The van der Waals surface area contributed by atoms with Crippen molar-refractivity contribution >= 4 is 45.5 Å². The first kappa shape index (κ1) is 19.5. The lowest BCUT2D eigenvalue weighted by Gasteiger charge is -2.07. The number of carbonyl (C=O) groups is 1. The first-order valence-corrected chi connectivity index (χ1v) is 12.4. The van der Waals surface area contributed by atoms with Crippen LogP contribution in [0.4, 0.5) is 5.13 Å². The van der Waals surface area contributed by atoms with E-state index < -0.39 is 0 Å². The van der Waals surface area contributed by atoms with E-state index in [0.717, 1.165) is 40.0 Å². The number of carbonyl (C=O) groups excluding carboxylic acids is 1. The third-order valence-electron chi connectivity index (χ3n) is 4.75. The maximum atomic E-state index is 12.5. The van der Waals surface area contributed by atoms with Crippen LogP contribution in [0.25, 0.3) is 22.0 Å². The van der Waals surface area contributed by atoms with Crippen molar-refractivity contribution < 1.29 is 4.79 Å². The van der Waals surface area contributed by atoms with E-state index in [4.69, 9.17) is 0 Å². The van der Waals surface area contributed by atoms with Gasteiger partial charge in [0.05, 0.1) is 16.3 Å². The molecular formula is C21H19N5OS3. The smallest absolute Gasteiger partial charge is 0.236 e. The van der Waals surface area contributed by atoms with E-state index in [1.165, 1.54) is 28.7 Å². The molecule has 1 amide bonds. The number of thiophene rings is 1. The van der Waals surface area contributed by atoms with Crippen LogP contribution >= 0.6 is 34.4 Å². The van der Waals surface area contributed by atoms with Gasteiger partial charge in [-0.05, 0) is 31.2 Å². The average molecular weight is 454 g/mol. The Labute approximate surface area is 186 Å². The molecule has 3 heterocycles. The Balaban J connectivity index is 1.24. The molecule has 0 aliphatic heterocycles. The minimum atomic E-state index is -0.0900. The first-order valence-electron chi connectivity index (χ1n) is 9.61. The maximum absolute atomic E-state index is 12.5. The van der Waals surface area contributed by atoms with Gasteiger partial charge < -0.3 is 5.32 Å². The van der Waals surface area contributed by atoms with Gasteiger partial charge in [0, 0.05) is 17.0 Å². The van der Waals surface area contributed by atoms with Crippen molar-refractivity contribution in [2.75, 3.05) is 11.1 Å². The standard InChI is InChI=1S/C21H19N5OS3/c1-13-4-6-14(7-5-13)16-11-29-20(22-16)23-18(27)12-30-21-25-24-19(17-3-2-10-28-17)26(21)15-8-9-15/h2-7,10-11,15H,8-9,12H2,1H3,(H,22,23,27). The molecule has 4 aromatic rings. The summed E-state index contributed by atoms with van der Waals surface area (Å²) in [4.78, 5) is 18.1. The largest absolute Gasteiger partial charge is 0.301 e. The Morgan fingerprint density at radius 3 is 2.77 bits per heavy atom. The number of amides is 1.